The predicted molar refractivity (Wildman–Crippen MR) is 74.2 cm³/mol. The van der Waals surface area contributed by atoms with Crippen LogP contribution in [0.25, 0.3) is 5.52 Å². The molecule has 1 aliphatic rings. The number of nitrogens with zero attached hydrogens (tertiary/aromatic N) is 3. The molecule has 0 saturated carbocycles. The molecular weight excluding hydrogens is 238 g/mol. The first-order valence-electron chi connectivity index (χ1n) is 6.90. The van der Waals surface area contributed by atoms with Gasteiger partial charge >= 0.3 is 0 Å². The van der Waals surface area contributed by atoms with Crippen molar-refractivity contribution in [1.29, 1.82) is 0 Å². The van der Waals surface area contributed by atoms with Gasteiger partial charge in [-0.25, -0.2) is 4.98 Å². The first-order chi connectivity index (χ1) is 9.16. The Kier molecular flexibility index (Phi) is 3.01. The third-order valence-electron chi connectivity index (χ3n) is 4.00. The average Bonchev–Trinajstić information content (AvgIpc) is 2.77. The van der Waals surface area contributed by atoms with E-state index in [1.165, 1.54) is 0 Å². The number of imidazole rings is 1. The molecule has 0 aromatic carbocycles. The Morgan fingerprint density at radius 1 is 1.32 bits per heavy atom. The number of hydrogen-bond acceptors (Lipinski definition) is 2. The summed E-state index contributed by atoms with van der Waals surface area (Å²) in [6.45, 7) is 5.88. The first kappa shape index (κ1) is 12.2. The molecule has 3 heterocycles. The summed E-state index contributed by atoms with van der Waals surface area (Å²) in [5, 5.41) is 0. The molecule has 1 fully saturated rings. The van der Waals surface area contributed by atoms with Crippen molar-refractivity contribution in [3.8, 4) is 0 Å². The van der Waals surface area contributed by atoms with Crippen molar-refractivity contribution in [1.82, 2.24) is 14.3 Å². The van der Waals surface area contributed by atoms with Gasteiger partial charge in [-0.1, -0.05) is 13.0 Å². The molecule has 0 spiro atoms. The van der Waals surface area contributed by atoms with Crippen LogP contribution in [0.15, 0.2) is 24.4 Å². The maximum Gasteiger partial charge on any atom is 0.274 e. The van der Waals surface area contributed by atoms with Crippen molar-refractivity contribution in [3.05, 3.63) is 35.9 Å². The molecule has 2 aromatic heterocycles. The normalized spacial score (nSPS) is 17.1. The van der Waals surface area contributed by atoms with E-state index in [0.29, 0.717) is 5.69 Å². The van der Waals surface area contributed by atoms with Crippen LogP contribution < -0.4 is 0 Å². The molecule has 0 unspecified atom stereocenters. The number of carbonyl (C=O) groups is 1. The molecular formula is C15H19N3O. The Balaban J connectivity index is 1.94. The van der Waals surface area contributed by atoms with E-state index in [1.54, 1.807) is 0 Å². The molecule has 1 saturated heterocycles. The molecule has 19 heavy (non-hydrogen) atoms. The van der Waals surface area contributed by atoms with E-state index in [1.807, 2.05) is 40.6 Å². The zero-order chi connectivity index (χ0) is 13.4. The lowest BCUT2D eigenvalue weighted by molar-refractivity contribution is 0.0694. The van der Waals surface area contributed by atoms with E-state index in [0.717, 1.165) is 43.2 Å². The molecule has 4 nitrogen and oxygen atoms in total. The first-order valence-corrected chi connectivity index (χ1v) is 6.90. The van der Waals surface area contributed by atoms with Crippen LogP contribution in [0.4, 0.5) is 0 Å². The maximum absolute atomic E-state index is 12.6. The summed E-state index contributed by atoms with van der Waals surface area (Å²) in [4.78, 5) is 19.0. The largest absolute Gasteiger partial charge is 0.337 e. The van der Waals surface area contributed by atoms with Crippen molar-refractivity contribution in [2.24, 2.45) is 5.92 Å². The molecule has 0 radical (unpaired) electrons. The predicted octanol–water partition coefficient (Wildman–Crippen LogP) is 2.51. The highest BCUT2D eigenvalue weighted by atomic mass is 16.2. The zero-order valence-electron chi connectivity index (χ0n) is 11.5. The van der Waals surface area contributed by atoms with Gasteiger partial charge in [0.25, 0.3) is 5.91 Å². The van der Waals surface area contributed by atoms with Gasteiger partial charge in [0.2, 0.25) is 0 Å². The Hall–Kier alpha value is -1.84. The van der Waals surface area contributed by atoms with Gasteiger partial charge in [0.15, 0.2) is 5.69 Å². The van der Waals surface area contributed by atoms with E-state index in [-0.39, 0.29) is 5.91 Å². The summed E-state index contributed by atoms with van der Waals surface area (Å²) in [6.07, 6.45) is 4.14. The second kappa shape index (κ2) is 4.68. The molecule has 4 heteroatoms. The van der Waals surface area contributed by atoms with Crippen LogP contribution in [-0.2, 0) is 0 Å². The quantitative estimate of drug-likeness (QED) is 0.787. The second-order valence-corrected chi connectivity index (χ2v) is 5.44. The minimum absolute atomic E-state index is 0.0729. The van der Waals surface area contributed by atoms with Gasteiger partial charge in [0.1, 0.15) is 5.82 Å². The van der Waals surface area contributed by atoms with Gasteiger partial charge in [-0.3, -0.25) is 4.79 Å². The van der Waals surface area contributed by atoms with Crippen molar-refractivity contribution in [3.63, 3.8) is 0 Å². The fraction of sp³-hybridized carbons (Fsp3) is 0.467. The molecule has 3 rings (SSSR count). The third-order valence-corrected chi connectivity index (χ3v) is 4.00. The number of amides is 1. The van der Waals surface area contributed by atoms with Gasteiger partial charge in [0.05, 0.1) is 5.52 Å². The van der Waals surface area contributed by atoms with Crippen molar-refractivity contribution >= 4 is 11.4 Å². The van der Waals surface area contributed by atoms with E-state index in [2.05, 4.69) is 11.9 Å². The SMILES string of the molecule is Cc1nc(C(=O)N2CCC(C)CC2)c2ccccn12. The molecule has 1 amide bonds. The highest BCUT2D eigenvalue weighted by Gasteiger charge is 2.24. The van der Waals surface area contributed by atoms with E-state index >= 15 is 0 Å². The van der Waals surface area contributed by atoms with Crippen LogP contribution in [0, 0.1) is 12.8 Å². The van der Waals surface area contributed by atoms with Crippen LogP contribution in [0.3, 0.4) is 0 Å². The van der Waals surface area contributed by atoms with E-state index in [9.17, 15) is 4.79 Å². The van der Waals surface area contributed by atoms with Gasteiger partial charge < -0.3 is 9.30 Å². The summed E-state index contributed by atoms with van der Waals surface area (Å²) in [6, 6.07) is 5.86. The summed E-state index contributed by atoms with van der Waals surface area (Å²) >= 11 is 0. The minimum atomic E-state index is 0.0729. The monoisotopic (exact) mass is 257 g/mol. The number of rotatable bonds is 1. The Labute approximate surface area is 113 Å². The van der Waals surface area contributed by atoms with Crippen LogP contribution >= 0.6 is 0 Å². The summed E-state index contributed by atoms with van der Waals surface area (Å²) < 4.78 is 1.97. The van der Waals surface area contributed by atoms with E-state index < -0.39 is 0 Å². The van der Waals surface area contributed by atoms with Gasteiger partial charge in [-0.05, 0) is 37.8 Å². The number of aryl methyl sites for hydroxylation is 1. The standard InChI is InChI=1S/C15H19N3O/c1-11-6-9-17(10-7-11)15(19)14-13-5-3-4-8-18(13)12(2)16-14/h3-5,8,11H,6-7,9-10H2,1-2H3. The topological polar surface area (TPSA) is 37.6 Å². The summed E-state index contributed by atoms with van der Waals surface area (Å²) in [5.41, 5.74) is 1.50. The smallest absolute Gasteiger partial charge is 0.274 e. The lowest BCUT2D eigenvalue weighted by Crippen LogP contribution is -2.38. The number of aromatic nitrogens is 2. The highest BCUT2D eigenvalue weighted by molar-refractivity contribution is 5.99. The van der Waals surface area contributed by atoms with Crippen molar-refractivity contribution in [2.45, 2.75) is 26.7 Å². The number of fused-ring (bicyclic) bond motifs is 1. The number of piperidine rings is 1. The fourth-order valence-electron chi connectivity index (χ4n) is 2.71. The zero-order valence-corrected chi connectivity index (χ0v) is 11.5. The van der Waals surface area contributed by atoms with Gasteiger partial charge in [0, 0.05) is 19.3 Å². The lowest BCUT2D eigenvalue weighted by atomic mass is 9.99. The molecule has 100 valence electrons. The average molecular weight is 257 g/mol. The Bertz CT molecular complexity index is 609. The van der Waals surface area contributed by atoms with Crippen molar-refractivity contribution < 1.29 is 4.79 Å². The number of carbonyl (C=O) groups excluding carboxylic acids is 1. The molecule has 2 aromatic rings. The number of hydrogen-bond donors (Lipinski definition) is 0. The molecule has 0 bridgehead atoms. The van der Waals surface area contributed by atoms with Crippen LogP contribution in [-0.4, -0.2) is 33.3 Å². The second-order valence-electron chi connectivity index (χ2n) is 5.44. The van der Waals surface area contributed by atoms with Crippen molar-refractivity contribution in [2.75, 3.05) is 13.1 Å². The lowest BCUT2D eigenvalue weighted by Gasteiger charge is -2.29. The summed E-state index contributed by atoms with van der Waals surface area (Å²) in [7, 11) is 0. The Morgan fingerprint density at radius 2 is 2.05 bits per heavy atom. The summed E-state index contributed by atoms with van der Waals surface area (Å²) in [5.74, 6) is 1.66. The molecule has 0 aliphatic carbocycles. The Morgan fingerprint density at radius 3 is 2.79 bits per heavy atom. The van der Waals surface area contributed by atoms with E-state index in [4.69, 9.17) is 0 Å². The fourth-order valence-corrected chi connectivity index (χ4v) is 2.71. The number of pyridine rings is 1. The highest BCUT2D eigenvalue weighted by Crippen LogP contribution is 2.20. The van der Waals surface area contributed by atoms with Crippen LogP contribution in [0.2, 0.25) is 0 Å². The maximum atomic E-state index is 12.6. The third kappa shape index (κ3) is 2.11. The molecule has 0 N–H and O–H groups in total. The van der Waals surface area contributed by atoms with Crippen LogP contribution in [0.1, 0.15) is 36.1 Å². The van der Waals surface area contributed by atoms with Gasteiger partial charge in [-0.15, -0.1) is 0 Å². The number of likely N-dealkylation sites (tertiary alicyclic amines) is 1. The van der Waals surface area contributed by atoms with Gasteiger partial charge in [-0.2, -0.15) is 0 Å². The molecule has 0 atom stereocenters. The minimum Gasteiger partial charge on any atom is -0.337 e. The molecule has 1 aliphatic heterocycles. The van der Waals surface area contributed by atoms with Crippen LogP contribution in [0.5, 0.6) is 0 Å².